The fourth-order valence-corrected chi connectivity index (χ4v) is 2.76. The third-order valence-electron chi connectivity index (χ3n) is 4.04. The van der Waals surface area contributed by atoms with Gasteiger partial charge in [0.25, 0.3) is 0 Å². The van der Waals surface area contributed by atoms with Crippen molar-refractivity contribution in [3.8, 4) is 0 Å². The fraction of sp³-hybridized carbons (Fsp3) is 0.882. The molecule has 0 spiro atoms. The number of hydrogen-bond donors (Lipinski definition) is 2. The van der Waals surface area contributed by atoms with E-state index in [4.69, 9.17) is 16.3 Å². The van der Waals surface area contributed by atoms with Crippen LogP contribution in [0.3, 0.4) is 0 Å². The Morgan fingerprint density at radius 2 is 1.43 bits per heavy atom. The van der Waals surface area contributed by atoms with E-state index in [1.54, 1.807) is 5.06 Å². The summed E-state index contributed by atoms with van der Waals surface area (Å²) in [5, 5.41) is 1.55. The van der Waals surface area contributed by atoms with Crippen LogP contribution in [0, 0.1) is 0 Å². The second kappa shape index (κ2) is 10.5. The molecule has 0 saturated carbocycles. The van der Waals surface area contributed by atoms with Gasteiger partial charge in [-0.1, -0.05) is 64.7 Å². The van der Waals surface area contributed by atoms with Gasteiger partial charge in [0.1, 0.15) is 0 Å². The monoisotopic (exact) mass is 325 g/mol. The van der Waals surface area contributed by atoms with Gasteiger partial charge < -0.3 is 11.5 Å². The van der Waals surface area contributed by atoms with E-state index >= 15 is 0 Å². The summed E-state index contributed by atoms with van der Waals surface area (Å²) in [5.41, 5.74) is 10.9. The smallest absolute Gasteiger partial charge is 0.226 e. The highest BCUT2D eigenvalue weighted by atomic mass is 16.7. The number of nitrogens with zero attached hydrogens (tertiary/aromatic N) is 3. The third-order valence-corrected chi connectivity index (χ3v) is 4.04. The van der Waals surface area contributed by atoms with Gasteiger partial charge in [0.15, 0.2) is 5.66 Å². The Kier molecular flexibility index (Phi) is 8.99. The van der Waals surface area contributed by atoms with Crippen LogP contribution in [0.15, 0.2) is 9.98 Å². The SMILES string of the molecule is CCCCCCCCCCCCON1C(N)=NC(N)=NC1(C)C. The quantitative estimate of drug-likeness (QED) is 0.537. The number of hydroxylamine groups is 2. The van der Waals surface area contributed by atoms with Crippen molar-refractivity contribution in [2.24, 2.45) is 21.5 Å². The van der Waals surface area contributed by atoms with Crippen molar-refractivity contribution in [3.05, 3.63) is 0 Å². The van der Waals surface area contributed by atoms with E-state index in [1.165, 1.54) is 57.8 Å². The van der Waals surface area contributed by atoms with Crippen molar-refractivity contribution in [3.63, 3.8) is 0 Å². The number of unbranched alkanes of at least 4 members (excludes halogenated alkanes) is 9. The first-order valence-corrected chi connectivity index (χ1v) is 9.10. The molecule has 1 heterocycles. The van der Waals surface area contributed by atoms with E-state index in [-0.39, 0.29) is 11.9 Å². The largest absolute Gasteiger partial charge is 0.368 e. The highest BCUT2D eigenvalue weighted by molar-refractivity contribution is 5.95. The molecule has 1 rings (SSSR count). The first kappa shape index (κ1) is 19.7. The van der Waals surface area contributed by atoms with Crippen molar-refractivity contribution < 1.29 is 4.84 Å². The van der Waals surface area contributed by atoms with Gasteiger partial charge in [-0.25, -0.2) is 4.99 Å². The molecule has 0 bridgehead atoms. The van der Waals surface area contributed by atoms with E-state index in [9.17, 15) is 0 Å². The summed E-state index contributed by atoms with van der Waals surface area (Å²) in [6.45, 7) is 6.69. The molecule has 1 aliphatic rings. The van der Waals surface area contributed by atoms with Crippen LogP contribution >= 0.6 is 0 Å². The van der Waals surface area contributed by atoms with E-state index in [1.807, 2.05) is 13.8 Å². The van der Waals surface area contributed by atoms with Crippen LogP contribution in [-0.4, -0.2) is 29.3 Å². The molecule has 6 nitrogen and oxygen atoms in total. The van der Waals surface area contributed by atoms with Gasteiger partial charge >= 0.3 is 0 Å². The van der Waals surface area contributed by atoms with Crippen LogP contribution < -0.4 is 11.5 Å². The molecule has 0 aromatic rings. The van der Waals surface area contributed by atoms with Gasteiger partial charge in [-0.05, 0) is 20.3 Å². The van der Waals surface area contributed by atoms with Crippen molar-refractivity contribution in [1.29, 1.82) is 0 Å². The van der Waals surface area contributed by atoms with Crippen molar-refractivity contribution in [2.45, 2.75) is 90.6 Å². The zero-order chi connectivity index (χ0) is 17.1. The predicted molar refractivity (Wildman–Crippen MR) is 97.0 cm³/mol. The van der Waals surface area contributed by atoms with Gasteiger partial charge in [0.2, 0.25) is 11.9 Å². The summed E-state index contributed by atoms with van der Waals surface area (Å²) >= 11 is 0. The highest BCUT2D eigenvalue weighted by Gasteiger charge is 2.32. The van der Waals surface area contributed by atoms with Crippen LogP contribution in [0.2, 0.25) is 0 Å². The maximum Gasteiger partial charge on any atom is 0.226 e. The number of nitrogens with two attached hydrogens (primary N) is 2. The molecule has 1 aliphatic heterocycles. The van der Waals surface area contributed by atoms with E-state index < -0.39 is 5.66 Å². The maximum absolute atomic E-state index is 5.87. The van der Waals surface area contributed by atoms with E-state index in [0.717, 1.165) is 6.42 Å². The van der Waals surface area contributed by atoms with Gasteiger partial charge in [0, 0.05) is 0 Å². The lowest BCUT2D eigenvalue weighted by Gasteiger charge is -2.36. The number of hydrogen-bond acceptors (Lipinski definition) is 6. The molecule has 0 aromatic heterocycles. The van der Waals surface area contributed by atoms with Crippen LogP contribution in [0.5, 0.6) is 0 Å². The minimum atomic E-state index is -0.603. The van der Waals surface area contributed by atoms with Gasteiger partial charge in [-0.15, -0.1) is 0 Å². The molecule has 23 heavy (non-hydrogen) atoms. The summed E-state index contributed by atoms with van der Waals surface area (Å²) in [5.74, 6) is 0.473. The summed E-state index contributed by atoms with van der Waals surface area (Å²) in [4.78, 5) is 13.9. The van der Waals surface area contributed by atoms with Crippen LogP contribution in [0.25, 0.3) is 0 Å². The molecular formula is C17H35N5O. The lowest BCUT2D eigenvalue weighted by Crippen LogP contribution is -2.53. The third kappa shape index (κ3) is 7.68. The Labute approximate surface area is 141 Å². The van der Waals surface area contributed by atoms with Gasteiger partial charge in [0.05, 0.1) is 6.61 Å². The Morgan fingerprint density at radius 1 is 0.913 bits per heavy atom. The van der Waals surface area contributed by atoms with Crippen LogP contribution in [-0.2, 0) is 4.84 Å². The summed E-state index contributed by atoms with van der Waals surface area (Å²) in [7, 11) is 0. The highest BCUT2D eigenvalue weighted by Crippen LogP contribution is 2.20. The van der Waals surface area contributed by atoms with Crippen LogP contribution in [0.1, 0.15) is 85.0 Å². The minimum absolute atomic E-state index is 0.200. The van der Waals surface area contributed by atoms with Crippen molar-refractivity contribution in [1.82, 2.24) is 5.06 Å². The Morgan fingerprint density at radius 3 is 1.96 bits per heavy atom. The molecule has 0 radical (unpaired) electrons. The summed E-state index contributed by atoms with van der Waals surface area (Å²) in [6, 6.07) is 0. The second-order valence-corrected chi connectivity index (χ2v) is 6.74. The normalized spacial score (nSPS) is 17.1. The predicted octanol–water partition coefficient (Wildman–Crippen LogP) is 3.52. The summed E-state index contributed by atoms with van der Waals surface area (Å²) < 4.78 is 0. The van der Waals surface area contributed by atoms with Crippen molar-refractivity contribution in [2.75, 3.05) is 6.61 Å². The van der Waals surface area contributed by atoms with Gasteiger partial charge in [-0.2, -0.15) is 10.1 Å². The Hall–Kier alpha value is -1.30. The molecule has 0 fully saturated rings. The minimum Gasteiger partial charge on any atom is -0.368 e. The molecule has 134 valence electrons. The zero-order valence-electron chi connectivity index (χ0n) is 15.2. The first-order valence-electron chi connectivity index (χ1n) is 9.10. The molecule has 4 N–H and O–H groups in total. The molecule has 0 amide bonds. The van der Waals surface area contributed by atoms with Gasteiger partial charge in [-0.3, -0.25) is 4.84 Å². The molecule has 6 heteroatoms. The van der Waals surface area contributed by atoms with E-state index in [2.05, 4.69) is 16.9 Å². The molecular weight excluding hydrogens is 290 g/mol. The standard InChI is InChI=1S/C17H35N5O/c1-4-5-6-7-8-9-10-11-12-13-14-23-22-16(19)20-15(18)21-17(22,2)3/h4-14H2,1-3H3,(H4,18,19,20,21). The maximum atomic E-state index is 5.87. The molecule has 0 atom stereocenters. The fourth-order valence-electron chi connectivity index (χ4n) is 2.76. The second-order valence-electron chi connectivity index (χ2n) is 6.74. The van der Waals surface area contributed by atoms with Crippen LogP contribution in [0.4, 0.5) is 0 Å². The molecule has 0 aliphatic carbocycles. The molecule has 0 saturated heterocycles. The van der Waals surface area contributed by atoms with Crippen molar-refractivity contribution >= 4 is 11.9 Å². The Balaban J connectivity index is 2.04. The first-order chi connectivity index (χ1) is 11.0. The molecule has 0 aromatic carbocycles. The lowest BCUT2D eigenvalue weighted by molar-refractivity contribution is -0.157. The number of guanidine groups is 2. The zero-order valence-corrected chi connectivity index (χ0v) is 15.2. The molecule has 0 unspecified atom stereocenters. The average Bonchev–Trinajstić information content (AvgIpc) is 2.46. The number of aliphatic imine (C=N–C) groups is 2. The van der Waals surface area contributed by atoms with E-state index in [0.29, 0.717) is 6.61 Å². The average molecular weight is 326 g/mol. The Bertz CT molecular complexity index is 392. The topological polar surface area (TPSA) is 89.2 Å². The lowest BCUT2D eigenvalue weighted by atomic mass is 10.1. The number of rotatable bonds is 12. The summed E-state index contributed by atoms with van der Waals surface area (Å²) in [6.07, 6.45) is 13.0.